The number of rotatable bonds is 6. The van der Waals surface area contributed by atoms with Crippen LogP contribution in [0.1, 0.15) is 58.4 Å². The second-order valence-corrected chi connectivity index (χ2v) is 9.31. The monoisotopic (exact) mass is 396 g/mol. The van der Waals surface area contributed by atoms with Gasteiger partial charge in [0.1, 0.15) is 5.60 Å². The molecule has 1 aliphatic heterocycles. The Hall–Kier alpha value is -2.07. The van der Waals surface area contributed by atoms with Crippen molar-refractivity contribution < 1.29 is 9.53 Å². The van der Waals surface area contributed by atoms with Crippen molar-refractivity contribution in [3.63, 3.8) is 0 Å². The Balaban J connectivity index is 1.81. The molecule has 0 aromatic heterocycles. The summed E-state index contributed by atoms with van der Waals surface area (Å²) in [5, 5.41) is 3.48. The van der Waals surface area contributed by atoms with Gasteiger partial charge in [-0.15, -0.1) is 0 Å². The molecule has 4 nitrogen and oxygen atoms in total. The highest BCUT2D eigenvalue weighted by Gasteiger charge is 2.37. The van der Waals surface area contributed by atoms with Gasteiger partial charge in [-0.1, -0.05) is 54.1 Å². The van der Waals surface area contributed by atoms with Crippen molar-refractivity contribution in [2.75, 3.05) is 26.2 Å². The zero-order chi connectivity index (χ0) is 20.7. The minimum absolute atomic E-state index is 0.0276. The molecule has 3 rings (SSSR count). The van der Waals surface area contributed by atoms with Gasteiger partial charge in [-0.25, -0.2) is 4.79 Å². The lowest BCUT2D eigenvalue weighted by molar-refractivity contribution is 0.0190. The van der Waals surface area contributed by atoms with Gasteiger partial charge in [0, 0.05) is 18.5 Å². The first-order valence-electron chi connectivity index (χ1n) is 11.0. The summed E-state index contributed by atoms with van der Waals surface area (Å²) in [6.45, 7) is 9.15. The number of hydrogen-bond donors (Lipinski definition) is 1. The molecule has 0 atom stereocenters. The first-order chi connectivity index (χ1) is 13.9. The van der Waals surface area contributed by atoms with Crippen LogP contribution in [-0.2, 0) is 10.2 Å². The highest BCUT2D eigenvalue weighted by Crippen LogP contribution is 2.35. The zero-order valence-electron chi connectivity index (χ0n) is 18.2. The molecule has 1 N–H and O–H groups in total. The number of piperidine rings is 1. The van der Waals surface area contributed by atoms with E-state index in [1.807, 2.05) is 25.7 Å². The highest BCUT2D eigenvalue weighted by atomic mass is 16.6. The number of amides is 1. The van der Waals surface area contributed by atoms with Gasteiger partial charge in [0.15, 0.2) is 0 Å². The molecule has 1 aliphatic carbocycles. The fraction of sp³-hybridized carbons (Fsp3) is 0.560. The molecule has 158 valence electrons. The van der Waals surface area contributed by atoms with E-state index < -0.39 is 5.60 Å². The van der Waals surface area contributed by atoms with Crippen LogP contribution in [0.5, 0.6) is 0 Å². The van der Waals surface area contributed by atoms with Crippen LogP contribution < -0.4 is 5.32 Å². The highest BCUT2D eigenvalue weighted by molar-refractivity contribution is 5.68. The smallest absolute Gasteiger partial charge is 0.410 e. The SMILES string of the molecule is CC(C)(C)OC(=O)N(CCC1=CCCC=C1)CC1(c2ccccc2)CCNCC1. The molecular weight excluding hydrogens is 360 g/mol. The van der Waals surface area contributed by atoms with E-state index in [0.717, 1.165) is 45.2 Å². The third-order valence-electron chi connectivity index (χ3n) is 5.83. The number of carbonyl (C=O) groups excluding carboxylic acids is 1. The summed E-state index contributed by atoms with van der Waals surface area (Å²) < 4.78 is 5.80. The van der Waals surface area contributed by atoms with E-state index in [1.54, 1.807) is 0 Å². The maximum Gasteiger partial charge on any atom is 0.410 e. The molecule has 29 heavy (non-hydrogen) atoms. The first kappa shape index (κ1) is 21.6. The lowest BCUT2D eigenvalue weighted by Gasteiger charge is -2.42. The average Bonchev–Trinajstić information content (AvgIpc) is 2.72. The van der Waals surface area contributed by atoms with E-state index >= 15 is 0 Å². The van der Waals surface area contributed by atoms with Crippen molar-refractivity contribution in [2.24, 2.45) is 0 Å². The first-order valence-corrected chi connectivity index (χ1v) is 11.0. The van der Waals surface area contributed by atoms with E-state index in [1.165, 1.54) is 11.1 Å². The average molecular weight is 397 g/mol. The van der Waals surface area contributed by atoms with Crippen molar-refractivity contribution in [1.82, 2.24) is 10.2 Å². The molecule has 2 aliphatic rings. The van der Waals surface area contributed by atoms with Crippen LogP contribution in [0.15, 0.2) is 54.1 Å². The quantitative estimate of drug-likeness (QED) is 0.717. The number of ether oxygens (including phenoxy) is 1. The van der Waals surface area contributed by atoms with Crippen molar-refractivity contribution in [3.05, 3.63) is 59.7 Å². The van der Waals surface area contributed by atoms with Gasteiger partial charge < -0.3 is 15.0 Å². The summed E-state index contributed by atoms with van der Waals surface area (Å²) in [5.41, 5.74) is 2.13. The fourth-order valence-electron chi connectivity index (χ4n) is 4.28. The number of benzene rings is 1. The van der Waals surface area contributed by atoms with Gasteiger partial charge in [0.25, 0.3) is 0 Å². The normalized spacial score (nSPS) is 18.8. The Labute approximate surface area is 176 Å². The van der Waals surface area contributed by atoms with Crippen LogP contribution in [0, 0.1) is 0 Å². The summed E-state index contributed by atoms with van der Waals surface area (Å²) in [5.74, 6) is 0. The van der Waals surface area contributed by atoms with E-state index in [9.17, 15) is 4.79 Å². The number of nitrogens with one attached hydrogen (secondary N) is 1. The largest absolute Gasteiger partial charge is 0.444 e. The Bertz CT molecular complexity index is 725. The molecule has 0 unspecified atom stereocenters. The molecule has 1 fully saturated rings. The van der Waals surface area contributed by atoms with Crippen LogP contribution in [0.25, 0.3) is 0 Å². The lowest BCUT2D eigenvalue weighted by Crippen LogP contribution is -2.50. The van der Waals surface area contributed by atoms with Gasteiger partial charge in [-0.3, -0.25) is 0 Å². The van der Waals surface area contributed by atoms with Gasteiger partial charge in [-0.05, 0) is 71.5 Å². The third kappa shape index (κ3) is 6.20. The molecule has 4 heteroatoms. The maximum atomic E-state index is 13.1. The van der Waals surface area contributed by atoms with Crippen molar-refractivity contribution in [2.45, 2.75) is 63.9 Å². The fourth-order valence-corrected chi connectivity index (χ4v) is 4.28. The summed E-state index contributed by atoms with van der Waals surface area (Å²) in [7, 11) is 0. The lowest BCUT2D eigenvalue weighted by atomic mass is 9.72. The number of nitrogens with zero attached hydrogens (tertiary/aromatic N) is 1. The van der Waals surface area contributed by atoms with Crippen LogP contribution in [0.2, 0.25) is 0 Å². The van der Waals surface area contributed by atoms with E-state index in [-0.39, 0.29) is 11.5 Å². The molecule has 1 heterocycles. The summed E-state index contributed by atoms with van der Waals surface area (Å²) in [4.78, 5) is 15.1. The minimum atomic E-state index is -0.493. The molecule has 0 spiro atoms. The van der Waals surface area contributed by atoms with E-state index in [0.29, 0.717) is 13.1 Å². The molecule has 1 aromatic carbocycles. The molecule has 0 radical (unpaired) electrons. The molecule has 0 saturated carbocycles. The van der Waals surface area contributed by atoms with E-state index in [2.05, 4.69) is 53.9 Å². The molecule has 0 bridgehead atoms. The summed E-state index contributed by atoms with van der Waals surface area (Å²) >= 11 is 0. The standard InChI is InChI=1S/C25H36N2O2/c1-24(2,3)29-23(28)27(19-14-21-10-6-4-7-11-21)20-25(15-17-26-18-16-25)22-12-8-5-9-13-22/h5-6,8-13,26H,4,7,14-20H2,1-3H3. The topological polar surface area (TPSA) is 41.6 Å². The van der Waals surface area contributed by atoms with Gasteiger partial charge in [0.2, 0.25) is 0 Å². The Morgan fingerprint density at radius 1 is 1.14 bits per heavy atom. The third-order valence-corrected chi connectivity index (χ3v) is 5.83. The van der Waals surface area contributed by atoms with Crippen molar-refractivity contribution in [1.29, 1.82) is 0 Å². The predicted molar refractivity (Wildman–Crippen MR) is 119 cm³/mol. The van der Waals surface area contributed by atoms with Gasteiger partial charge in [-0.2, -0.15) is 0 Å². The van der Waals surface area contributed by atoms with Crippen LogP contribution >= 0.6 is 0 Å². The Morgan fingerprint density at radius 2 is 1.86 bits per heavy atom. The zero-order valence-corrected chi connectivity index (χ0v) is 18.2. The van der Waals surface area contributed by atoms with Crippen LogP contribution in [0.4, 0.5) is 4.79 Å². The molecule has 1 saturated heterocycles. The number of hydrogen-bond acceptors (Lipinski definition) is 3. The minimum Gasteiger partial charge on any atom is -0.444 e. The van der Waals surface area contributed by atoms with Crippen molar-refractivity contribution in [3.8, 4) is 0 Å². The van der Waals surface area contributed by atoms with Crippen LogP contribution in [-0.4, -0.2) is 42.8 Å². The summed E-state index contributed by atoms with van der Waals surface area (Å²) in [6.07, 6.45) is 11.7. The number of allylic oxidation sites excluding steroid dienone is 3. The Morgan fingerprint density at radius 3 is 2.48 bits per heavy atom. The second kappa shape index (κ2) is 9.62. The maximum absolute atomic E-state index is 13.1. The van der Waals surface area contributed by atoms with Gasteiger partial charge >= 0.3 is 6.09 Å². The molecule has 1 amide bonds. The molecular formula is C25H36N2O2. The molecule has 1 aromatic rings. The van der Waals surface area contributed by atoms with E-state index in [4.69, 9.17) is 4.74 Å². The van der Waals surface area contributed by atoms with Gasteiger partial charge in [0.05, 0.1) is 0 Å². The summed E-state index contributed by atoms with van der Waals surface area (Å²) in [6, 6.07) is 10.7. The number of carbonyl (C=O) groups is 1. The van der Waals surface area contributed by atoms with Crippen LogP contribution in [0.3, 0.4) is 0 Å². The predicted octanol–water partition coefficient (Wildman–Crippen LogP) is 5.21. The second-order valence-electron chi connectivity index (χ2n) is 9.31. The Kier molecular flexibility index (Phi) is 7.18. The van der Waals surface area contributed by atoms with Crippen molar-refractivity contribution >= 4 is 6.09 Å².